The number of amides is 2. The van der Waals surface area contributed by atoms with Crippen LogP contribution in [0.4, 0.5) is 10.6 Å². The number of imidazole rings is 1. The third kappa shape index (κ3) is 2.88. The van der Waals surface area contributed by atoms with Crippen molar-refractivity contribution < 1.29 is 4.79 Å². The van der Waals surface area contributed by atoms with Gasteiger partial charge in [-0.3, -0.25) is 10.00 Å². The highest BCUT2D eigenvalue weighted by atomic mass is 16.2. The third-order valence-electron chi connectivity index (χ3n) is 6.28. The van der Waals surface area contributed by atoms with E-state index in [4.69, 9.17) is 0 Å². The fourth-order valence-electron chi connectivity index (χ4n) is 4.34. The molecule has 29 heavy (non-hydrogen) atoms. The molecular formula is C20H22N8O. The lowest BCUT2D eigenvalue weighted by molar-refractivity contribution is 0.121. The van der Waals surface area contributed by atoms with Gasteiger partial charge in [0.25, 0.3) is 0 Å². The van der Waals surface area contributed by atoms with Crippen LogP contribution in [0.1, 0.15) is 43.3 Å². The predicted molar refractivity (Wildman–Crippen MR) is 105 cm³/mol. The van der Waals surface area contributed by atoms with Crippen LogP contribution in [0.2, 0.25) is 0 Å². The van der Waals surface area contributed by atoms with Crippen LogP contribution in [-0.2, 0) is 0 Å². The van der Waals surface area contributed by atoms with Gasteiger partial charge in [0.05, 0.1) is 12.0 Å². The van der Waals surface area contributed by atoms with E-state index in [0.29, 0.717) is 41.9 Å². The molecule has 6 rings (SSSR count). The molecule has 3 aromatic heterocycles. The van der Waals surface area contributed by atoms with Gasteiger partial charge in [0.2, 0.25) is 0 Å². The van der Waals surface area contributed by atoms with Crippen molar-refractivity contribution in [1.82, 2.24) is 34.6 Å². The molecule has 9 nitrogen and oxygen atoms in total. The average Bonchev–Trinajstić information content (AvgIpc) is 3.10. The van der Waals surface area contributed by atoms with E-state index in [2.05, 4.69) is 35.9 Å². The lowest BCUT2D eigenvalue weighted by Crippen LogP contribution is -2.47. The summed E-state index contributed by atoms with van der Waals surface area (Å²) in [7, 11) is 0. The molecule has 148 valence electrons. The molecule has 0 spiro atoms. The van der Waals surface area contributed by atoms with Gasteiger partial charge in [-0.15, -0.1) is 0 Å². The number of hydrogen-bond acceptors (Lipinski definition) is 5. The molecule has 9 heteroatoms. The van der Waals surface area contributed by atoms with Crippen molar-refractivity contribution in [2.75, 3.05) is 18.0 Å². The van der Waals surface area contributed by atoms with Gasteiger partial charge in [-0.1, -0.05) is 6.07 Å². The van der Waals surface area contributed by atoms with Crippen molar-refractivity contribution >= 4 is 11.8 Å². The van der Waals surface area contributed by atoms with Gasteiger partial charge < -0.3 is 9.47 Å². The summed E-state index contributed by atoms with van der Waals surface area (Å²) in [6.45, 7) is 1.39. The largest absolute Gasteiger partial charge is 0.334 e. The first kappa shape index (κ1) is 16.7. The highest BCUT2D eigenvalue weighted by Gasteiger charge is 2.42. The highest BCUT2D eigenvalue weighted by molar-refractivity contribution is 5.93. The molecule has 1 N–H and O–H groups in total. The molecule has 3 aliphatic rings. The number of aromatic nitrogens is 6. The number of hydrogen-bond donors (Lipinski definition) is 1. The first-order valence-corrected chi connectivity index (χ1v) is 10.2. The number of pyridine rings is 1. The van der Waals surface area contributed by atoms with Crippen LogP contribution in [0.3, 0.4) is 0 Å². The van der Waals surface area contributed by atoms with Crippen molar-refractivity contribution in [3.05, 3.63) is 42.7 Å². The van der Waals surface area contributed by atoms with Crippen molar-refractivity contribution in [3.8, 4) is 11.5 Å². The van der Waals surface area contributed by atoms with Gasteiger partial charge in [0, 0.05) is 37.3 Å². The Balaban J connectivity index is 1.12. The van der Waals surface area contributed by atoms with Crippen molar-refractivity contribution in [2.24, 2.45) is 0 Å². The zero-order valence-electron chi connectivity index (χ0n) is 16.0. The Morgan fingerprint density at radius 1 is 1.07 bits per heavy atom. The predicted octanol–water partition coefficient (Wildman–Crippen LogP) is 2.59. The molecule has 3 fully saturated rings. The maximum Gasteiger partial charge on any atom is 0.326 e. The molecular weight excluding hydrogens is 368 g/mol. The molecule has 3 aromatic rings. The quantitative estimate of drug-likeness (QED) is 0.722. The normalized spacial score (nSPS) is 24.2. The average molecular weight is 390 g/mol. The van der Waals surface area contributed by atoms with Crippen LogP contribution in [0.5, 0.6) is 0 Å². The van der Waals surface area contributed by atoms with E-state index in [-0.39, 0.29) is 6.03 Å². The highest BCUT2D eigenvalue weighted by Crippen LogP contribution is 2.42. The van der Waals surface area contributed by atoms with Crippen LogP contribution in [0, 0.1) is 0 Å². The minimum absolute atomic E-state index is 0.0416. The van der Waals surface area contributed by atoms with Gasteiger partial charge in [-0.05, 0) is 37.8 Å². The fourth-order valence-corrected chi connectivity index (χ4v) is 4.34. The summed E-state index contributed by atoms with van der Waals surface area (Å²) in [4.78, 5) is 30.1. The van der Waals surface area contributed by atoms with Crippen molar-refractivity contribution in [1.29, 1.82) is 0 Å². The van der Waals surface area contributed by atoms with E-state index in [9.17, 15) is 4.79 Å². The summed E-state index contributed by atoms with van der Waals surface area (Å²) in [6, 6.07) is 6.41. The Morgan fingerprint density at radius 3 is 2.76 bits per heavy atom. The van der Waals surface area contributed by atoms with E-state index in [1.807, 2.05) is 29.4 Å². The number of rotatable bonds is 5. The van der Waals surface area contributed by atoms with E-state index < -0.39 is 0 Å². The fraction of sp³-hybridized carbons (Fsp3) is 0.450. The number of nitrogens with one attached hydrogen (secondary N) is 1. The summed E-state index contributed by atoms with van der Waals surface area (Å²) in [5, 5.41) is 6.69. The topological polar surface area (TPSA) is 95.8 Å². The molecule has 0 radical (unpaired) electrons. The smallest absolute Gasteiger partial charge is 0.326 e. The van der Waals surface area contributed by atoms with Crippen molar-refractivity contribution in [2.45, 2.75) is 43.7 Å². The Hall–Kier alpha value is -3.23. The number of H-pyrrole nitrogens is 1. The molecule has 0 bridgehead atoms. The monoisotopic (exact) mass is 390 g/mol. The van der Waals surface area contributed by atoms with E-state index >= 15 is 0 Å². The van der Waals surface area contributed by atoms with Crippen LogP contribution < -0.4 is 4.90 Å². The second-order valence-corrected chi connectivity index (χ2v) is 8.14. The number of carbonyl (C=O) groups is 1. The molecule has 2 saturated carbocycles. The van der Waals surface area contributed by atoms with Crippen LogP contribution >= 0.6 is 0 Å². The Bertz CT molecular complexity index is 1030. The second kappa shape index (κ2) is 6.40. The molecule has 1 saturated heterocycles. The molecule has 0 atom stereocenters. The summed E-state index contributed by atoms with van der Waals surface area (Å²) >= 11 is 0. The maximum absolute atomic E-state index is 13.0. The summed E-state index contributed by atoms with van der Waals surface area (Å²) in [6.07, 6.45) is 10.1. The van der Waals surface area contributed by atoms with Crippen molar-refractivity contribution in [3.63, 3.8) is 0 Å². The summed E-state index contributed by atoms with van der Waals surface area (Å²) < 4.78 is 2.24. The second-order valence-electron chi connectivity index (χ2n) is 8.14. The summed E-state index contributed by atoms with van der Waals surface area (Å²) in [5.41, 5.74) is 1.91. The SMILES string of the molecule is O=C1N(c2cccc(-c3ncn[nH]3)n2)CCN1C1CC(n2cnc(C3CC3)c2)C1. The zero-order chi connectivity index (χ0) is 19.4. The first-order valence-electron chi connectivity index (χ1n) is 10.2. The van der Waals surface area contributed by atoms with Gasteiger partial charge in [0.15, 0.2) is 5.82 Å². The number of aromatic amines is 1. The lowest BCUT2D eigenvalue weighted by atomic mass is 9.85. The molecule has 2 amide bonds. The molecule has 1 aliphatic heterocycles. The van der Waals surface area contributed by atoms with Crippen LogP contribution in [-0.4, -0.2) is 59.8 Å². The minimum atomic E-state index is 0.0416. The lowest BCUT2D eigenvalue weighted by Gasteiger charge is -2.41. The number of urea groups is 1. The molecule has 2 aliphatic carbocycles. The zero-order valence-corrected chi connectivity index (χ0v) is 16.0. The summed E-state index contributed by atoms with van der Waals surface area (Å²) in [5.74, 6) is 1.94. The molecule has 0 unspecified atom stereocenters. The van der Waals surface area contributed by atoms with Gasteiger partial charge in [-0.2, -0.15) is 5.10 Å². The standard InChI is InChI=1S/C20H22N8O/c29-20-27(15-8-14(9-15)26-10-17(22-12-26)13-4-5-13)6-7-28(20)18-3-1-2-16(24-18)19-21-11-23-25-19/h1-3,10-15H,4-9H2,(H,21,23,25). The Morgan fingerprint density at radius 2 is 1.97 bits per heavy atom. The Kier molecular flexibility index (Phi) is 3.68. The number of anilines is 1. The third-order valence-corrected chi connectivity index (χ3v) is 6.28. The Labute approximate surface area is 167 Å². The molecule has 4 heterocycles. The number of carbonyl (C=O) groups excluding carboxylic acids is 1. The molecule has 0 aromatic carbocycles. The van der Waals surface area contributed by atoms with E-state index in [1.165, 1.54) is 24.9 Å². The van der Waals surface area contributed by atoms with Crippen LogP contribution in [0.25, 0.3) is 11.5 Å². The number of nitrogens with zero attached hydrogens (tertiary/aromatic N) is 7. The van der Waals surface area contributed by atoms with Gasteiger partial charge in [-0.25, -0.2) is 19.7 Å². The first-order chi connectivity index (χ1) is 14.3. The van der Waals surface area contributed by atoms with E-state index in [0.717, 1.165) is 19.4 Å². The maximum atomic E-state index is 13.0. The van der Waals surface area contributed by atoms with Gasteiger partial charge >= 0.3 is 6.03 Å². The minimum Gasteiger partial charge on any atom is -0.334 e. The van der Waals surface area contributed by atoms with Gasteiger partial charge in [0.1, 0.15) is 17.8 Å². The van der Waals surface area contributed by atoms with E-state index in [1.54, 1.807) is 4.90 Å². The van der Waals surface area contributed by atoms with Crippen LogP contribution in [0.15, 0.2) is 37.1 Å².